The lowest BCUT2D eigenvalue weighted by Crippen LogP contribution is -2.38. The van der Waals surface area contributed by atoms with Gasteiger partial charge in [-0.2, -0.15) is 13.2 Å². The van der Waals surface area contributed by atoms with Crippen molar-refractivity contribution >= 4 is 22.9 Å². The van der Waals surface area contributed by atoms with Gasteiger partial charge in [-0.3, -0.25) is 19.8 Å². The van der Waals surface area contributed by atoms with Gasteiger partial charge in [0.25, 0.3) is 11.6 Å². The first-order valence-electron chi connectivity index (χ1n) is 9.62. The van der Waals surface area contributed by atoms with Crippen LogP contribution in [0.5, 0.6) is 11.5 Å². The van der Waals surface area contributed by atoms with Crippen LogP contribution in [0.2, 0.25) is 0 Å². The van der Waals surface area contributed by atoms with Gasteiger partial charge >= 0.3 is 6.18 Å². The molecule has 1 amide bonds. The summed E-state index contributed by atoms with van der Waals surface area (Å²) in [6, 6.07) is 2.35. The highest BCUT2D eigenvalue weighted by molar-refractivity contribution is 7.07. The van der Waals surface area contributed by atoms with Crippen LogP contribution in [0.1, 0.15) is 22.5 Å². The number of nitro groups is 1. The fourth-order valence-electron chi connectivity index (χ4n) is 3.36. The van der Waals surface area contributed by atoms with Crippen molar-refractivity contribution in [3.05, 3.63) is 44.4 Å². The summed E-state index contributed by atoms with van der Waals surface area (Å²) < 4.78 is 48.9. The van der Waals surface area contributed by atoms with E-state index < -0.39 is 29.2 Å². The summed E-state index contributed by atoms with van der Waals surface area (Å²) in [6.07, 6.45) is -4.01. The number of carbonyl (C=O) groups is 1. The Morgan fingerprint density at radius 2 is 2.03 bits per heavy atom. The molecule has 1 aliphatic heterocycles. The average molecular weight is 474 g/mol. The van der Waals surface area contributed by atoms with Gasteiger partial charge < -0.3 is 14.4 Å². The molecule has 1 aromatic heterocycles. The Morgan fingerprint density at radius 1 is 1.25 bits per heavy atom. The first-order valence-corrected chi connectivity index (χ1v) is 10.6. The minimum atomic E-state index is -4.33. The minimum Gasteiger partial charge on any atom is -0.493 e. The second kappa shape index (κ2) is 10.1. The Kier molecular flexibility index (Phi) is 7.51. The molecule has 0 aliphatic carbocycles. The second-order valence-electron chi connectivity index (χ2n) is 7.08. The molecule has 1 saturated heterocycles. The van der Waals surface area contributed by atoms with Crippen LogP contribution in [0.15, 0.2) is 23.0 Å². The first kappa shape index (κ1) is 23.7. The fraction of sp³-hybridized carbons (Fsp3) is 0.474. The number of hydrogen-bond donors (Lipinski definition) is 0. The SMILES string of the molecule is COc1cc(C(=O)N2CCCN(CC(F)(F)F)CC2)c([N+](=O)[O-])cc1OCc1cscn1. The molecule has 9 nitrogen and oxygen atoms in total. The number of ether oxygens (including phenoxy) is 2. The molecule has 2 aromatic rings. The minimum absolute atomic E-state index is 0.0189. The van der Waals surface area contributed by atoms with E-state index in [2.05, 4.69) is 4.98 Å². The third-order valence-corrected chi connectivity index (χ3v) is 5.48. The van der Waals surface area contributed by atoms with E-state index in [1.807, 2.05) is 0 Å². The molecule has 1 aromatic carbocycles. The molecule has 2 heterocycles. The number of nitro benzene ring substituents is 1. The Balaban J connectivity index is 1.81. The van der Waals surface area contributed by atoms with Gasteiger partial charge in [0, 0.05) is 37.6 Å². The predicted molar refractivity (Wildman–Crippen MR) is 109 cm³/mol. The van der Waals surface area contributed by atoms with Gasteiger partial charge in [-0.25, -0.2) is 4.98 Å². The zero-order valence-electron chi connectivity index (χ0n) is 17.1. The molecule has 1 fully saturated rings. The number of nitrogens with zero attached hydrogens (tertiary/aromatic N) is 4. The average Bonchev–Trinajstić information content (AvgIpc) is 3.15. The largest absolute Gasteiger partial charge is 0.493 e. The summed E-state index contributed by atoms with van der Waals surface area (Å²) >= 11 is 1.37. The molecule has 0 spiro atoms. The molecule has 0 unspecified atom stereocenters. The molecule has 0 radical (unpaired) electrons. The van der Waals surface area contributed by atoms with Crippen molar-refractivity contribution < 1.29 is 32.4 Å². The number of halogens is 3. The predicted octanol–water partition coefficient (Wildman–Crippen LogP) is 3.35. The lowest BCUT2D eigenvalue weighted by atomic mass is 10.1. The lowest BCUT2D eigenvalue weighted by molar-refractivity contribution is -0.385. The van der Waals surface area contributed by atoms with Gasteiger partial charge in [-0.05, 0) is 6.42 Å². The van der Waals surface area contributed by atoms with E-state index in [1.165, 1.54) is 34.3 Å². The maximum Gasteiger partial charge on any atom is 0.401 e. The number of rotatable bonds is 7. The molecule has 0 N–H and O–H groups in total. The number of methoxy groups -OCH3 is 1. The number of benzene rings is 1. The standard InChI is InChI=1S/C19H21F3N4O5S/c1-30-16-7-14(15(26(28)29)8-17(16)31-9-13-10-32-12-23-13)18(27)25-4-2-3-24(5-6-25)11-19(20,21)22/h7-8,10,12H,2-6,9,11H2,1H3. The van der Waals surface area contributed by atoms with Crippen molar-refractivity contribution in [2.75, 3.05) is 39.8 Å². The maximum atomic E-state index is 13.1. The Hall–Kier alpha value is -2.93. The van der Waals surface area contributed by atoms with Crippen LogP contribution >= 0.6 is 11.3 Å². The monoisotopic (exact) mass is 474 g/mol. The van der Waals surface area contributed by atoms with Crippen LogP contribution in [-0.2, 0) is 6.61 Å². The Labute approximate surface area is 185 Å². The molecular weight excluding hydrogens is 453 g/mol. The van der Waals surface area contributed by atoms with Crippen molar-refractivity contribution in [3.63, 3.8) is 0 Å². The molecular formula is C19H21F3N4O5S. The third-order valence-electron chi connectivity index (χ3n) is 4.85. The van der Waals surface area contributed by atoms with Crippen molar-refractivity contribution in [3.8, 4) is 11.5 Å². The van der Waals surface area contributed by atoms with E-state index in [0.717, 1.165) is 6.07 Å². The van der Waals surface area contributed by atoms with E-state index in [1.54, 1.807) is 10.9 Å². The lowest BCUT2D eigenvalue weighted by Gasteiger charge is -2.23. The zero-order chi connectivity index (χ0) is 23.3. The summed E-state index contributed by atoms with van der Waals surface area (Å²) in [4.78, 5) is 30.7. The second-order valence-corrected chi connectivity index (χ2v) is 7.80. The Morgan fingerprint density at radius 3 is 2.66 bits per heavy atom. The van der Waals surface area contributed by atoms with Gasteiger partial charge in [-0.1, -0.05) is 0 Å². The van der Waals surface area contributed by atoms with Crippen LogP contribution in [0, 0.1) is 10.1 Å². The highest BCUT2D eigenvalue weighted by atomic mass is 32.1. The molecule has 0 saturated carbocycles. The van der Waals surface area contributed by atoms with Crippen molar-refractivity contribution in [1.29, 1.82) is 0 Å². The van der Waals surface area contributed by atoms with E-state index in [0.29, 0.717) is 12.1 Å². The molecule has 32 heavy (non-hydrogen) atoms. The summed E-state index contributed by atoms with van der Waals surface area (Å²) in [5.41, 5.74) is 1.57. The van der Waals surface area contributed by atoms with Gasteiger partial charge in [-0.15, -0.1) is 11.3 Å². The molecule has 3 rings (SSSR count). The van der Waals surface area contributed by atoms with Crippen molar-refractivity contribution in [2.45, 2.75) is 19.2 Å². The number of alkyl halides is 3. The Bertz CT molecular complexity index is 955. The maximum absolute atomic E-state index is 13.1. The number of hydrogen-bond acceptors (Lipinski definition) is 8. The quantitative estimate of drug-likeness (QED) is 0.448. The summed E-state index contributed by atoms with van der Waals surface area (Å²) in [5, 5.41) is 13.4. The molecule has 1 aliphatic rings. The van der Waals surface area contributed by atoms with Gasteiger partial charge in [0.2, 0.25) is 0 Å². The molecule has 0 atom stereocenters. The number of thiazole rings is 1. The van der Waals surface area contributed by atoms with Crippen LogP contribution < -0.4 is 9.47 Å². The van der Waals surface area contributed by atoms with Crippen LogP contribution in [-0.4, -0.2) is 71.6 Å². The topological polar surface area (TPSA) is 98.0 Å². The van der Waals surface area contributed by atoms with E-state index in [4.69, 9.17) is 9.47 Å². The smallest absolute Gasteiger partial charge is 0.401 e. The first-order chi connectivity index (χ1) is 15.2. The number of amides is 1. The van der Waals surface area contributed by atoms with Crippen LogP contribution in [0.25, 0.3) is 0 Å². The van der Waals surface area contributed by atoms with Crippen LogP contribution in [0.3, 0.4) is 0 Å². The van der Waals surface area contributed by atoms with E-state index in [9.17, 15) is 28.1 Å². The zero-order valence-corrected chi connectivity index (χ0v) is 17.9. The molecule has 13 heteroatoms. The van der Waals surface area contributed by atoms with Gasteiger partial charge in [0.15, 0.2) is 11.5 Å². The number of aromatic nitrogens is 1. The summed E-state index contributed by atoms with van der Waals surface area (Å²) in [5.74, 6) is -0.437. The van der Waals surface area contributed by atoms with Crippen molar-refractivity contribution in [2.24, 2.45) is 0 Å². The molecule has 0 bridgehead atoms. The van der Waals surface area contributed by atoms with Crippen molar-refractivity contribution in [1.82, 2.24) is 14.8 Å². The van der Waals surface area contributed by atoms with Crippen LogP contribution in [0.4, 0.5) is 18.9 Å². The van der Waals surface area contributed by atoms with Gasteiger partial charge in [0.1, 0.15) is 12.2 Å². The third kappa shape index (κ3) is 6.07. The molecule has 174 valence electrons. The van der Waals surface area contributed by atoms with Gasteiger partial charge in [0.05, 0.1) is 35.8 Å². The van der Waals surface area contributed by atoms with E-state index >= 15 is 0 Å². The summed E-state index contributed by atoms with van der Waals surface area (Å²) in [6.45, 7) is -0.589. The van der Waals surface area contributed by atoms with E-state index in [-0.39, 0.29) is 49.8 Å². The highest BCUT2D eigenvalue weighted by Gasteiger charge is 2.33. The summed E-state index contributed by atoms with van der Waals surface area (Å²) in [7, 11) is 1.34. The number of carbonyl (C=O) groups excluding carboxylic acids is 1. The normalized spacial score (nSPS) is 15.3. The highest BCUT2D eigenvalue weighted by Crippen LogP contribution is 2.36. The fourth-order valence-corrected chi connectivity index (χ4v) is 3.90.